The summed E-state index contributed by atoms with van der Waals surface area (Å²) in [6.45, 7) is 3.12. The van der Waals surface area contributed by atoms with Crippen LogP contribution in [0.15, 0.2) is 23.1 Å². The molecular formula is C13H19NO5S2. The van der Waals surface area contributed by atoms with Gasteiger partial charge >= 0.3 is 0 Å². The molecule has 0 amide bonds. The summed E-state index contributed by atoms with van der Waals surface area (Å²) in [5.41, 5.74) is 0.343. The molecule has 118 valence electrons. The van der Waals surface area contributed by atoms with Crippen LogP contribution >= 0.6 is 0 Å². The number of sulfone groups is 1. The summed E-state index contributed by atoms with van der Waals surface area (Å²) >= 11 is 0. The number of sulfonamides is 1. The van der Waals surface area contributed by atoms with Crippen LogP contribution in [0, 0.1) is 6.92 Å². The summed E-state index contributed by atoms with van der Waals surface area (Å²) < 4.78 is 50.4. The van der Waals surface area contributed by atoms with Crippen LogP contribution in [0.25, 0.3) is 0 Å². The third-order valence-electron chi connectivity index (χ3n) is 3.69. The van der Waals surface area contributed by atoms with E-state index < -0.39 is 25.4 Å². The van der Waals surface area contributed by atoms with E-state index in [0.29, 0.717) is 5.56 Å². The van der Waals surface area contributed by atoms with Crippen LogP contribution in [0.4, 0.5) is 0 Å². The first-order chi connectivity index (χ1) is 9.57. The molecule has 1 saturated heterocycles. The van der Waals surface area contributed by atoms with Crippen molar-refractivity contribution in [2.75, 3.05) is 11.5 Å². The Morgan fingerprint density at radius 2 is 2.05 bits per heavy atom. The summed E-state index contributed by atoms with van der Waals surface area (Å²) in [6.07, 6.45) is 0.257. The van der Waals surface area contributed by atoms with Crippen LogP contribution in [-0.4, -0.2) is 39.0 Å². The lowest BCUT2D eigenvalue weighted by molar-refractivity contribution is 0.280. The van der Waals surface area contributed by atoms with Crippen LogP contribution < -0.4 is 4.72 Å². The third kappa shape index (κ3) is 3.63. The molecule has 2 N–H and O–H groups in total. The zero-order valence-electron chi connectivity index (χ0n) is 12.0. The molecule has 0 radical (unpaired) electrons. The van der Waals surface area contributed by atoms with Gasteiger partial charge in [0.1, 0.15) is 0 Å². The number of aliphatic hydroxyl groups excluding tert-OH is 1. The van der Waals surface area contributed by atoms with Gasteiger partial charge in [-0.05, 0) is 43.5 Å². The van der Waals surface area contributed by atoms with Crippen molar-refractivity contribution in [1.29, 1.82) is 0 Å². The second-order valence-electron chi connectivity index (χ2n) is 5.75. The lowest BCUT2D eigenvalue weighted by Gasteiger charge is -2.23. The van der Waals surface area contributed by atoms with Crippen LogP contribution in [0.3, 0.4) is 0 Å². The van der Waals surface area contributed by atoms with Crippen LogP contribution in [0.1, 0.15) is 24.5 Å². The molecule has 8 heteroatoms. The second kappa shape index (κ2) is 5.35. The molecule has 0 saturated carbocycles. The van der Waals surface area contributed by atoms with Gasteiger partial charge in [0.15, 0.2) is 9.84 Å². The Hall–Kier alpha value is -0.960. The maximum atomic E-state index is 12.4. The number of aliphatic hydroxyl groups is 1. The Morgan fingerprint density at radius 3 is 2.57 bits per heavy atom. The molecule has 1 fully saturated rings. The summed E-state index contributed by atoms with van der Waals surface area (Å²) in [4.78, 5) is 0.0303. The van der Waals surface area contributed by atoms with E-state index in [2.05, 4.69) is 4.72 Å². The molecule has 0 bridgehead atoms. The quantitative estimate of drug-likeness (QED) is 0.828. The third-order valence-corrected chi connectivity index (χ3v) is 7.22. The predicted molar refractivity (Wildman–Crippen MR) is 79.1 cm³/mol. The van der Waals surface area contributed by atoms with Gasteiger partial charge in [0.25, 0.3) is 0 Å². The van der Waals surface area contributed by atoms with Gasteiger partial charge in [0.2, 0.25) is 10.0 Å². The van der Waals surface area contributed by atoms with E-state index in [-0.39, 0.29) is 29.4 Å². The van der Waals surface area contributed by atoms with Gasteiger partial charge in [-0.3, -0.25) is 0 Å². The van der Waals surface area contributed by atoms with E-state index in [1.54, 1.807) is 19.9 Å². The van der Waals surface area contributed by atoms with Gasteiger partial charge in [-0.25, -0.2) is 21.6 Å². The van der Waals surface area contributed by atoms with Crippen molar-refractivity contribution in [3.63, 3.8) is 0 Å². The van der Waals surface area contributed by atoms with Crippen molar-refractivity contribution in [2.24, 2.45) is 0 Å². The van der Waals surface area contributed by atoms with Crippen molar-refractivity contribution in [2.45, 2.75) is 37.3 Å². The monoisotopic (exact) mass is 333 g/mol. The molecule has 1 heterocycles. The lowest BCUT2D eigenvalue weighted by atomic mass is 10.0. The average Bonchev–Trinajstić information content (AvgIpc) is 2.62. The molecule has 2 rings (SSSR count). The predicted octanol–water partition coefficient (Wildman–Crippen LogP) is 0.343. The van der Waals surface area contributed by atoms with E-state index in [0.717, 1.165) is 5.56 Å². The highest BCUT2D eigenvalue weighted by molar-refractivity contribution is 7.92. The van der Waals surface area contributed by atoms with Crippen molar-refractivity contribution in [3.05, 3.63) is 29.3 Å². The normalized spacial score (nSPS) is 25.1. The fraction of sp³-hybridized carbons (Fsp3) is 0.538. The van der Waals surface area contributed by atoms with Crippen molar-refractivity contribution < 1.29 is 21.9 Å². The molecule has 1 aliphatic rings. The molecular weight excluding hydrogens is 314 g/mol. The summed E-state index contributed by atoms with van der Waals surface area (Å²) in [7, 11) is -7.02. The fourth-order valence-electron chi connectivity index (χ4n) is 2.46. The number of hydrogen-bond donors (Lipinski definition) is 2. The first kappa shape index (κ1) is 16.4. The Kier molecular flexibility index (Phi) is 4.18. The minimum absolute atomic E-state index is 0.0121. The first-order valence-corrected chi connectivity index (χ1v) is 9.82. The average molecular weight is 333 g/mol. The smallest absolute Gasteiger partial charge is 0.241 e. The van der Waals surface area contributed by atoms with E-state index >= 15 is 0 Å². The molecule has 1 unspecified atom stereocenters. The molecule has 21 heavy (non-hydrogen) atoms. The van der Waals surface area contributed by atoms with Gasteiger partial charge in [-0.15, -0.1) is 0 Å². The molecule has 1 aliphatic heterocycles. The van der Waals surface area contributed by atoms with E-state index in [4.69, 9.17) is 0 Å². The Bertz CT molecular complexity index is 755. The maximum absolute atomic E-state index is 12.4. The maximum Gasteiger partial charge on any atom is 0.241 e. The highest BCUT2D eigenvalue weighted by Gasteiger charge is 2.41. The Morgan fingerprint density at radius 1 is 1.38 bits per heavy atom. The molecule has 6 nitrogen and oxygen atoms in total. The van der Waals surface area contributed by atoms with Gasteiger partial charge in [0.05, 0.1) is 23.0 Å². The second-order valence-corrected chi connectivity index (χ2v) is 9.62. The van der Waals surface area contributed by atoms with Gasteiger partial charge in [-0.2, -0.15) is 0 Å². The van der Waals surface area contributed by atoms with Gasteiger partial charge < -0.3 is 5.11 Å². The number of nitrogens with one attached hydrogen (secondary N) is 1. The number of hydrogen-bond acceptors (Lipinski definition) is 5. The number of benzene rings is 1. The lowest BCUT2D eigenvalue weighted by Crippen LogP contribution is -2.46. The highest BCUT2D eigenvalue weighted by Crippen LogP contribution is 2.26. The van der Waals surface area contributed by atoms with Crippen LogP contribution in [0.2, 0.25) is 0 Å². The van der Waals surface area contributed by atoms with Crippen LogP contribution in [0.5, 0.6) is 0 Å². The molecule has 0 spiro atoms. The Balaban J connectivity index is 2.31. The molecule has 1 atom stereocenters. The van der Waals surface area contributed by atoms with Crippen molar-refractivity contribution >= 4 is 19.9 Å². The molecule has 1 aromatic rings. The zero-order valence-corrected chi connectivity index (χ0v) is 13.6. The van der Waals surface area contributed by atoms with Gasteiger partial charge in [0, 0.05) is 5.54 Å². The molecule has 0 aliphatic carbocycles. The molecule has 0 aromatic heterocycles. The Labute approximate surface area is 125 Å². The zero-order chi connectivity index (χ0) is 15.9. The van der Waals surface area contributed by atoms with Crippen molar-refractivity contribution in [1.82, 2.24) is 4.72 Å². The highest BCUT2D eigenvalue weighted by atomic mass is 32.2. The summed E-state index contributed by atoms with van der Waals surface area (Å²) in [5, 5.41) is 9.22. The number of aryl methyl sites for hydroxylation is 1. The van der Waals surface area contributed by atoms with E-state index in [9.17, 15) is 21.9 Å². The van der Waals surface area contributed by atoms with E-state index in [1.165, 1.54) is 12.1 Å². The standard InChI is InChI=1S/C13H19NO5S2/c1-10-3-4-12(7-11(10)8-15)21(18,19)14-13(2)5-6-20(16,17)9-13/h3-4,7,14-15H,5-6,8-9H2,1-2H3. The first-order valence-electron chi connectivity index (χ1n) is 6.52. The largest absolute Gasteiger partial charge is 0.392 e. The number of rotatable bonds is 4. The summed E-state index contributed by atoms with van der Waals surface area (Å²) in [5.74, 6) is -0.209. The van der Waals surface area contributed by atoms with Crippen LogP contribution in [-0.2, 0) is 26.5 Å². The summed E-state index contributed by atoms with van der Waals surface area (Å²) in [6, 6.07) is 4.47. The topological polar surface area (TPSA) is 101 Å². The minimum Gasteiger partial charge on any atom is -0.392 e. The fourth-order valence-corrected chi connectivity index (χ4v) is 6.13. The van der Waals surface area contributed by atoms with Crippen molar-refractivity contribution in [3.8, 4) is 0 Å². The van der Waals surface area contributed by atoms with Gasteiger partial charge in [-0.1, -0.05) is 6.07 Å². The van der Waals surface area contributed by atoms with E-state index in [1.807, 2.05) is 0 Å². The SMILES string of the molecule is Cc1ccc(S(=O)(=O)NC2(C)CCS(=O)(=O)C2)cc1CO. The minimum atomic E-state index is -3.83. The molecule has 1 aromatic carbocycles.